The number of carbonyl (C=O) groups is 1. The van der Waals surface area contributed by atoms with Gasteiger partial charge in [0, 0.05) is 41.4 Å². The molecule has 0 aliphatic carbocycles. The van der Waals surface area contributed by atoms with E-state index >= 15 is 0 Å². The largest absolute Gasteiger partial charge is 0.360 e. The van der Waals surface area contributed by atoms with E-state index in [1.165, 1.54) is 12.1 Å². The molecule has 3 aromatic rings. The summed E-state index contributed by atoms with van der Waals surface area (Å²) >= 11 is 0. The molecule has 7 heteroatoms. The van der Waals surface area contributed by atoms with E-state index in [1.54, 1.807) is 24.8 Å². The number of hydrogen-bond acceptors (Lipinski definition) is 3. The Labute approximate surface area is 154 Å². The lowest BCUT2D eigenvalue weighted by atomic mass is 9.98. The number of nitrogens with zero attached hydrogens (tertiary/aromatic N) is 2. The van der Waals surface area contributed by atoms with Gasteiger partial charge in [-0.3, -0.25) is 9.59 Å². The molecule has 0 saturated heterocycles. The first-order valence-corrected chi connectivity index (χ1v) is 8.77. The maximum atomic E-state index is 13.4. The fourth-order valence-electron chi connectivity index (χ4n) is 3.38. The number of carbonyl (C=O) groups excluding carboxylic acids is 1. The smallest absolute Gasteiger partial charge is 0.279 e. The predicted octanol–water partition coefficient (Wildman–Crippen LogP) is 2.94. The van der Waals surface area contributed by atoms with Gasteiger partial charge in [-0.25, -0.2) is 9.37 Å². The van der Waals surface area contributed by atoms with Gasteiger partial charge in [0.15, 0.2) is 5.69 Å². The Hall–Kier alpha value is -3.22. The SMILES string of the molecule is Cc1nc(C(=O)N2CC=C(c3c[nH]c4cc(F)ccc34)CC2)c(=O)[nH]c1C. The molecular weight excluding hydrogens is 347 g/mol. The summed E-state index contributed by atoms with van der Waals surface area (Å²) in [6.45, 7) is 4.40. The Morgan fingerprint density at radius 3 is 2.85 bits per heavy atom. The molecule has 0 fully saturated rings. The number of hydrogen-bond donors (Lipinski definition) is 2. The second-order valence-electron chi connectivity index (χ2n) is 6.75. The normalized spacial score (nSPS) is 14.5. The lowest BCUT2D eigenvalue weighted by Gasteiger charge is -2.26. The maximum absolute atomic E-state index is 13.4. The zero-order valence-electron chi connectivity index (χ0n) is 15.1. The molecule has 6 nitrogen and oxygen atoms in total. The van der Waals surface area contributed by atoms with Gasteiger partial charge in [0.05, 0.1) is 5.69 Å². The monoisotopic (exact) mass is 366 g/mol. The number of H-pyrrole nitrogens is 2. The van der Waals surface area contributed by atoms with Gasteiger partial charge in [-0.15, -0.1) is 0 Å². The first-order valence-electron chi connectivity index (χ1n) is 8.77. The highest BCUT2D eigenvalue weighted by atomic mass is 19.1. The van der Waals surface area contributed by atoms with Crippen LogP contribution in [0.25, 0.3) is 16.5 Å². The molecule has 0 radical (unpaired) electrons. The molecule has 0 saturated carbocycles. The van der Waals surface area contributed by atoms with Crippen LogP contribution in [0, 0.1) is 19.7 Å². The second kappa shape index (κ2) is 6.50. The van der Waals surface area contributed by atoms with E-state index in [-0.39, 0.29) is 17.4 Å². The molecule has 0 spiro atoms. The van der Waals surface area contributed by atoms with Crippen LogP contribution in [0.4, 0.5) is 4.39 Å². The molecule has 4 rings (SSSR count). The van der Waals surface area contributed by atoms with Crippen LogP contribution in [0.15, 0.2) is 35.3 Å². The number of aromatic nitrogens is 3. The van der Waals surface area contributed by atoms with Crippen molar-refractivity contribution in [2.24, 2.45) is 0 Å². The van der Waals surface area contributed by atoms with Gasteiger partial charge in [-0.05, 0) is 44.0 Å². The third-order valence-corrected chi connectivity index (χ3v) is 5.03. The molecule has 3 heterocycles. The summed E-state index contributed by atoms with van der Waals surface area (Å²) in [6.07, 6.45) is 4.49. The minimum Gasteiger partial charge on any atom is -0.360 e. The van der Waals surface area contributed by atoms with Crippen molar-refractivity contribution in [2.45, 2.75) is 20.3 Å². The van der Waals surface area contributed by atoms with Crippen LogP contribution in [0.2, 0.25) is 0 Å². The van der Waals surface area contributed by atoms with Crippen LogP contribution in [-0.2, 0) is 0 Å². The van der Waals surface area contributed by atoms with Crippen molar-refractivity contribution in [1.29, 1.82) is 0 Å². The Morgan fingerprint density at radius 1 is 1.30 bits per heavy atom. The fourth-order valence-corrected chi connectivity index (χ4v) is 3.38. The van der Waals surface area contributed by atoms with Crippen LogP contribution in [0.1, 0.15) is 33.9 Å². The maximum Gasteiger partial charge on any atom is 0.279 e. The van der Waals surface area contributed by atoms with Crippen LogP contribution < -0.4 is 5.56 Å². The number of halogens is 1. The van der Waals surface area contributed by atoms with Crippen LogP contribution in [0.3, 0.4) is 0 Å². The number of aromatic amines is 2. The molecule has 27 heavy (non-hydrogen) atoms. The van der Waals surface area contributed by atoms with Crippen molar-refractivity contribution in [3.63, 3.8) is 0 Å². The number of nitrogens with one attached hydrogen (secondary N) is 2. The van der Waals surface area contributed by atoms with Crippen molar-refractivity contribution in [2.75, 3.05) is 13.1 Å². The van der Waals surface area contributed by atoms with Crippen molar-refractivity contribution < 1.29 is 9.18 Å². The Balaban J connectivity index is 1.59. The minimum atomic E-state index is -0.462. The summed E-state index contributed by atoms with van der Waals surface area (Å²) in [5.74, 6) is -0.646. The number of amides is 1. The van der Waals surface area contributed by atoms with Crippen LogP contribution in [0.5, 0.6) is 0 Å². The van der Waals surface area contributed by atoms with E-state index in [4.69, 9.17) is 0 Å². The summed E-state index contributed by atoms with van der Waals surface area (Å²) in [5, 5.41) is 0.953. The molecule has 1 aliphatic rings. The highest BCUT2D eigenvalue weighted by Gasteiger charge is 2.24. The second-order valence-corrected chi connectivity index (χ2v) is 6.75. The van der Waals surface area contributed by atoms with Gasteiger partial charge in [-0.1, -0.05) is 6.08 Å². The van der Waals surface area contributed by atoms with Gasteiger partial charge in [0.1, 0.15) is 5.82 Å². The molecule has 1 aliphatic heterocycles. The minimum absolute atomic E-state index is 0.0717. The molecular formula is C20H19FN4O2. The first-order chi connectivity index (χ1) is 12.9. The molecule has 1 amide bonds. The summed E-state index contributed by atoms with van der Waals surface area (Å²) < 4.78 is 13.4. The van der Waals surface area contributed by atoms with E-state index in [0.717, 1.165) is 22.0 Å². The standard InChI is InChI=1S/C20H19FN4O2/c1-11-12(2)24-19(26)18(23-11)20(27)25-7-5-13(6-8-25)16-10-22-17-9-14(21)3-4-15(16)17/h3-5,9-10,22H,6-8H2,1-2H3,(H,24,26). The van der Waals surface area contributed by atoms with Crippen LogP contribution >= 0.6 is 0 Å². The summed E-state index contributed by atoms with van der Waals surface area (Å²) in [4.78, 5) is 36.3. The lowest BCUT2D eigenvalue weighted by Crippen LogP contribution is -2.38. The topological polar surface area (TPSA) is 81.8 Å². The number of rotatable bonds is 2. The van der Waals surface area contributed by atoms with Gasteiger partial charge in [0.2, 0.25) is 0 Å². The van der Waals surface area contributed by atoms with E-state index in [0.29, 0.717) is 30.9 Å². The van der Waals surface area contributed by atoms with Gasteiger partial charge in [-0.2, -0.15) is 0 Å². The predicted molar refractivity (Wildman–Crippen MR) is 101 cm³/mol. The molecule has 0 atom stereocenters. The average molecular weight is 366 g/mol. The average Bonchev–Trinajstić information content (AvgIpc) is 3.07. The molecule has 0 unspecified atom stereocenters. The lowest BCUT2D eigenvalue weighted by molar-refractivity contribution is 0.0764. The van der Waals surface area contributed by atoms with Gasteiger partial charge < -0.3 is 14.9 Å². The van der Waals surface area contributed by atoms with E-state index in [1.807, 2.05) is 12.3 Å². The Morgan fingerprint density at radius 2 is 2.11 bits per heavy atom. The number of benzene rings is 1. The van der Waals surface area contributed by atoms with Crippen molar-refractivity contribution >= 4 is 22.4 Å². The molecule has 0 bridgehead atoms. The van der Waals surface area contributed by atoms with E-state index in [9.17, 15) is 14.0 Å². The zero-order valence-corrected chi connectivity index (χ0v) is 15.1. The summed E-state index contributed by atoms with van der Waals surface area (Å²) in [7, 11) is 0. The van der Waals surface area contributed by atoms with Crippen molar-refractivity contribution in [3.8, 4) is 0 Å². The molecule has 138 valence electrons. The third-order valence-electron chi connectivity index (χ3n) is 5.03. The molecule has 2 aromatic heterocycles. The quantitative estimate of drug-likeness (QED) is 0.732. The Kier molecular flexibility index (Phi) is 4.14. The zero-order chi connectivity index (χ0) is 19.1. The number of fused-ring (bicyclic) bond motifs is 1. The highest BCUT2D eigenvalue weighted by molar-refractivity contribution is 5.95. The van der Waals surface area contributed by atoms with E-state index < -0.39 is 5.56 Å². The van der Waals surface area contributed by atoms with Gasteiger partial charge in [0.25, 0.3) is 11.5 Å². The van der Waals surface area contributed by atoms with Crippen molar-refractivity contribution in [1.82, 2.24) is 19.9 Å². The highest BCUT2D eigenvalue weighted by Crippen LogP contribution is 2.29. The first kappa shape index (κ1) is 17.2. The third kappa shape index (κ3) is 3.05. The summed E-state index contributed by atoms with van der Waals surface area (Å²) in [6, 6.07) is 4.67. The molecule has 2 N–H and O–H groups in total. The van der Waals surface area contributed by atoms with E-state index in [2.05, 4.69) is 15.0 Å². The summed E-state index contributed by atoms with van der Waals surface area (Å²) in [5.41, 5.74) is 3.62. The number of aryl methyl sites for hydroxylation is 2. The fraction of sp³-hybridized carbons (Fsp3) is 0.250. The van der Waals surface area contributed by atoms with Gasteiger partial charge >= 0.3 is 0 Å². The molecule has 1 aromatic carbocycles. The van der Waals surface area contributed by atoms with Crippen molar-refractivity contribution in [3.05, 3.63) is 69.3 Å². The van der Waals surface area contributed by atoms with Crippen LogP contribution in [-0.4, -0.2) is 38.8 Å². The Bertz CT molecular complexity index is 1140.